The van der Waals surface area contributed by atoms with Crippen molar-refractivity contribution in [2.24, 2.45) is 0 Å². The minimum Gasteiger partial charge on any atom is -0.465 e. The van der Waals surface area contributed by atoms with E-state index in [1.807, 2.05) is 0 Å². The van der Waals surface area contributed by atoms with Gasteiger partial charge in [0.1, 0.15) is 5.82 Å². The molecule has 5 nitrogen and oxygen atoms in total. The van der Waals surface area contributed by atoms with Gasteiger partial charge in [-0.25, -0.2) is 9.18 Å². The average molecular weight is 253 g/mol. The molecule has 0 bridgehead atoms. The number of carbonyl (C=O) groups excluding carboxylic acids is 2. The van der Waals surface area contributed by atoms with Crippen molar-refractivity contribution in [1.29, 1.82) is 0 Å². The van der Waals surface area contributed by atoms with Crippen LogP contribution < -0.4 is 4.90 Å². The van der Waals surface area contributed by atoms with Crippen LogP contribution in [0.15, 0.2) is 18.2 Å². The van der Waals surface area contributed by atoms with Gasteiger partial charge >= 0.3 is 5.97 Å². The Labute approximate surface area is 103 Å². The maximum absolute atomic E-state index is 13.2. The van der Waals surface area contributed by atoms with Crippen molar-refractivity contribution in [3.8, 4) is 0 Å². The fourth-order valence-electron chi connectivity index (χ4n) is 1.93. The number of esters is 1. The summed E-state index contributed by atoms with van der Waals surface area (Å²) in [6.07, 6.45) is -0.830. The van der Waals surface area contributed by atoms with Crippen LogP contribution in [0.3, 0.4) is 0 Å². The van der Waals surface area contributed by atoms with Crippen LogP contribution in [0, 0.1) is 5.82 Å². The second-order valence-electron chi connectivity index (χ2n) is 4.02. The van der Waals surface area contributed by atoms with E-state index >= 15 is 0 Å². The molecule has 2 rings (SSSR count). The van der Waals surface area contributed by atoms with E-state index in [-0.39, 0.29) is 30.1 Å². The number of ether oxygens (including phenoxy) is 1. The highest BCUT2D eigenvalue weighted by Crippen LogP contribution is 2.27. The summed E-state index contributed by atoms with van der Waals surface area (Å²) in [6, 6.07) is 3.46. The number of anilines is 1. The van der Waals surface area contributed by atoms with Gasteiger partial charge in [0.15, 0.2) is 0 Å². The van der Waals surface area contributed by atoms with Crippen LogP contribution in [-0.4, -0.2) is 36.7 Å². The second-order valence-corrected chi connectivity index (χ2v) is 4.02. The predicted octanol–water partition coefficient (Wildman–Crippen LogP) is 0.710. The van der Waals surface area contributed by atoms with Crippen molar-refractivity contribution in [2.75, 3.05) is 18.6 Å². The summed E-state index contributed by atoms with van der Waals surface area (Å²) >= 11 is 0. The molecule has 0 spiro atoms. The van der Waals surface area contributed by atoms with Gasteiger partial charge in [-0.15, -0.1) is 0 Å². The van der Waals surface area contributed by atoms with Gasteiger partial charge in [-0.2, -0.15) is 0 Å². The van der Waals surface area contributed by atoms with E-state index in [1.54, 1.807) is 0 Å². The van der Waals surface area contributed by atoms with E-state index in [0.717, 1.165) is 12.1 Å². The molecule has 0 saturated carbocycles. The number of aliphatic hydroxyl groups excluding tert-OH is 1. The molecule has 1 N–H and O–H groups in total. The Hall–Kier alpha value is -1.95. The minimum absolute atomic E-state index is 0.0306. The second kappa shape index (κ2) is 4.73. The van der Waals surface area contributed by atoms with E-state index in [1.165, 1.54) is 18.1 Å². The zero-order chi connectivity index (χ0) is 13.3. The number of nitrogens with zero attached hydrogens (tertiary/aromatic N) is 1. The number of rotatable bonds is 2. The first-order valence-corrected chi connectivity index (χ1v) is 5.39. The number of hydrogen-bond acceptors (Lipinski definition) is 4. The number of aliphatic hydroxyl groups is 1. The Morgan fingerprint density at radius 1 is 1.56 bits per heavy atom. The standard InChI is InChI=1S/C12H12FNO4/c1-18-12(17)9-3-2-7(13)4-10(9)14-6-8(15)5-11(14)16/h2-4,8,15H,5-6H2,1H3. The monoisotopic (exact) mass is 253 g/mol. The van der Waals surface area contributed by atoms with E-state index in [0.29, 0.717) is 0 Å². The molecule has 1 heterocycles. The lowest BCUT2D eigenvalue weighted by Crippen LogP contribution is -2.27. The Morgan fingerprint density at radius 3 is 2.83 bits per heavy atom. The molecule has 1 aromatic rings. The Morgan fingerprint density at radius 2 is 2.28 bits per heavy atom. The van der Waals surface area contributed by atoms with Crippen LogP contribution in [-0.2, 0) is 9.53 Å². The normalized spacial score (nSPS) is 19.2. The van der Waals surface area contributed by atoms with E-state index < -0.39 is 17.9 Å². The van der Waals surface area contributed by atoms with Crippen LogP contribution in [0.5, 0.6) is 0 Å². The summed E-state index contributed by atoms with van der Waals surface area (Å²) in [4.78, 5) is 24.4. The number of benzene rings is 1. The molecule has 1 saturated heterocycles. The van der Waals surface area contributed by atoms with Crippen molar-refractivity contribution in [3.05, 3.63) is 29.6 Å². The molecule has 1 aliphatic rings. The van der Waals surface area contributed by atoms with Gasteiger partial charge in [0.25, 0.3) is 0 Å². The number of β-amino-alcohol motifs (C(OH)–C–C–N with tert-alkyl or cyclic N) is 1. The maximum atomic E-state index is 13.2. The summed E-state index contributed by atoms with van der Waals surface area (Å²) < 4.78 is 17.8. The van der Waals surface area contributed by atoms with Crippen LogP contribution in [0.1, 0.15) is 16.8 Å². The zero-order valence-electron chi connectivity index (χ0n) is 9.72. The van der Waals surface area contributed by atoms with Crippen LogP contribution >= 0.6 is 0 Å². The molecule has 6 heteroatoms. The Bertz CT molecular complexity index is 503. The summed E-state index contributed by atoms with van der Waals surface area (Å²) in [5.41, 5.74) is 0.227. The van der Waals surface area contributed by atoms with Crippen LogP contribution in [0.4, 0.5) is 10.1 Å². The minimum atomic E-state index is -0.800. The highest BCUT2D eigenvalue weighted by molar-refractivity contribution is 6.03. The first-order valence-electron chi connectivity index (χ1n) is 5.39. The number of hydrogen-bond donors (Lipinski definition) is 1. The highest BCUT2D eigenvalue weighted by atomic mass is 19.1. The molecule has 1 amide bonds. The lowest BCUT2D eigenvalue weighted by molar-refractivity contribution is -0.117. The Balaban J connectivity index is 2.45. The zero-order valence-corrected chi connectivity index (χ0v) is 9.72. The van der Waals surface area contributed by atoms with Crippen LogP contribution in [0.25, 0.3) is 0 Å². The third kappa shape index (κ3) is 2.19. The van der Waals surface area contributed by atoms with Gasteiger partial charge in [0.2, 0.25) is 5.91 Å². The molecule has 0 aromatic heterocycles. The molecule has 1 fully saturated rings. The average Bonchev–Trinajstić information content (AvgIpc) is 2.67. The SMILES string of the molecule is COC(=O)c1ccc(F)cc1N1CC(O)CC1=O. The van der Waals surface area contributed by atoms with Crippen molar-refractivity contribution in [1.82, 2.24) is 0 Å². The summed E-state index contributed by atoms with van der Waals surface area (Å²) in [5, 5.41) is 9.41. The van der Waals surface area contributed by atoms with Gasteiger partial charge in [0.05, 0.1) is 37.4 Å². The van der Waals surface area contributed by atoms with Gasteiger partial charge in [-0.05, 0) is 18.2 Å². The van der Waals surface area contributed by atoms with Gasteiger partial charge in [-0.1, -0.05) is 0 Å². The molecule has 18 heavy (non-hydrogen) atoms. The molecular weight excluding hydrogens is 241 g/mol. The molecule has 1 aliphatic heterocycles. The fraction of sp³-hybridized carbons (Fsp3) is 0.333. The van der Waals surface area contributed by atoms with Crippen molar-refractivity contribution in [2.45, 2.75) is 12.5 Å². The third-order valence-corrected chi connectivity index (χ3v) is 2.76. The first kappa shape index (κ1) is 12.5. The van der Waals surface area contributed by atoms with Gasteiger partial charge in [-0.3, -0.25) is 4.79 Å². The maximum Gasteiger partial charge on any atom is 0.339 e. The smallest absolute Gasteiger partial charge is 0.339 e. The largest absolute Gasteiger partial charge is 0.465 e. The quantitative estimate of drug-likeness (QED) is 0.788. The number of carbonyl (C=O) groups is 2. The topological polar surface area (TPSA) is 66.8 Å². The van der Waals surface area contributed by atoms with Crippen LogP contribution in [0.2, 0.25) is 0 Å². The lowest BCUT2D eigenvalue weighted by Gasteiger charge is -2.18. The van der Waals surface area contributed by atoms with Gasteiger partial charge in [0, 0.05) is 0 Å². The van der Waals surface area contributed by atoms with Crippen molar-refractivity contribution >= 4 is 17.6 Å². The number of halogens is 1. The van der Waals surface area contributed by atoms with Gasteiger partial charge < -0.3 is 14.7 Å². The summed E-state index contributed by atoms with van der Waals surface area (Å²) in [7, 11) is 1.20. The molecule has 1 atom stereocenters. The molecule has 96 valence electrons. The summed E-state index contributed by atoms with van der Waals surface area (Å²) in [5.74, 6) is -1.57. The van der Waals surface area contributed by atoms with E-state index in [9.17, 15) is 19.1 Å². The van der Waals surface area contributed by atoms with Crippen molar-refractivity contribution < 1.29 is 23.8 Å². The molecule has 1 aromatic carbocycles. The Kier molecular flexibility index (Phi) is 3.29. The third-order valence-electron chi connectivity index (χ3n) is 2.76. The van der Waals surface area contributed by atoms with E-state index in [2.05, 4.69) is 4.74 Å². The predicted molar refractivity (Wildman–Crippen MR) is 60.7 cm³/mol. The number of amides is 1. The highest BCUT2D eigenvalue weighted by Gasteiger charge is 2.32. The molecule has 1 unspecified atom stereocenters. The lowest BCUT2D eigenvalue weighted by atomic mass is 10.1. The summed E-state index contributed by atoms with van der Waals surface area (Å²) in [6.45, 7) is 0.0479. The molecule has 0 aliphatic carbocycles. The van der Waals surface area contributed by atoms with E-state index in [4.69, 9.17) is 0 Å². The number of methoxy groups -OCH3 is 1. The fourth-order valence-corrected chi connectivity index (χ4v) is 1.93. The first-order chi connectivity index (χ1) is 8.52. The van der Waals surface area contributed by atoms with Crippen molar-refractivity contribution in [3.63, 3.8) is 0 Å². The molecular formula is C12H12FNO4. The molecule has 0 radical (unpaired) electrons.